The number of ether oxygens (including phenoxy) is 3. The van der Waals surface area contributed by atoms with Gasteiger partial charge < -0.3 is 24.8 Å². The Kier molecular flexibility index (Phi) is 7.70. The van der Waals surface area contributed by atoms with E-state index in [0.717, 1.165) is 0 Å². The zero-order valence-electron chi connectivity index (χ0n) is 12.1. The molecule has 0 fully saturated rings. The number of hydrogen-bond acceptors (Lipinski definition) is 6. The molecule has 118 valence electrons. The highest BCUT2D eigenvalue weighted by molar-refractivity contribution is 7.80. The number of carbonyl (C=O) groups excluding carboxylic acids is 2. The van der Waals surface area contributed by atoms with Gasteiger partial charge in [-0.05, 0) is 12.2 Å². The molecule has 0 amide bonds. The molecule has 8 heteroatoms. The summed E-state index contributed by atoms with van der Waals surface area (Å²) in [7, 11) is 0. The Morgan fingerprint density at radius 3 is 2.71 bits per heavy atom. The SMILES string of the molecule is CC(=O)OCCNC(=S)N[C@@H]1C=CCOC1COC(C)=O. The normalized spacial score (nSPS) is 20.5. The molecule has 2 N–H and O–H groups in total. The van der Waals surface area contributed by atoms with Crippen LogP contribution in [-0.2, 0) is 23.8 Å². The fourth-order valence-corrected chi connectivity index (χ4v) is 1.90. The Balaban J connectivity index is 2.33. The number of nitrogens with one attached hydrogen (secondary N) is 2. The molecule has 0 spiro atoms. The molecule has 1 rings (SSSR count). The van der Waals surface area contributed by atoms with Crippen LogP contribution in [0.25, 0.3) is 0 Å². The summed E-state index contributed by atoms with van der Waals surface area (Å²) in [5.41, 5.74) is 0. The molecular formula is C13H20N2O5S. The van der Waals surface area contributed by atoms with Crippen LogP contribution in [0.3, 0.4) is 0 Å². The molecule has 0 bridgehead atoms. The van der Waals surface area contributed by atoms with Crippen molar-refractivity contribution in [1.29, 1.82) is 0 Å². The van der Waals surface area contributed by atoms with Crippen LogP contribution >= 0.6 is 12.2 Å². The fourth-order valence-electron chi connectivity index (χ4n) is 1.66. The molecule has 0 saturated carbocycles. The molecule has 0 aromatic heterocycles. The van der Waals surface area contributed by atoms with E-state index in [4.69, 9.17) is 26.4 Å². The summed E-state index contributed by atoms with van der Waals surface area (Å²) in [4.78, 5) is 21.5. The molecule has 21 heavy (non-hydrogen) atoms. The van der Waals surface area contributed by atoms with Gasteiger partial charge in [0.2, 0.25) is 0 Å². The van der Waals surface area contributed by atoms with Gasteiger partial charge in [-0.2, -0.15) is 0 Å². The summed E-state index contributed by atoms with van der Waals surface area (Å²) in [6.45, 7) is 3.98. The largest absolute Gasteiger partial charge is 0.464 e. The first-order chi connectivity index (χ1) is 9.99. The van der Waals surface area contributed by atoms with Gasteiger partial charge in [-0.3, -0.25) is 9.59 Å². The molecule has 1 heterocycles. The fraction of sp³-hybridized carbons (Fsp3) is 0.615. The Hall–Kier alpha value is -1.67. The minimum atomic E-state index is -0.353. The van der Waals surface area contributed by atoms with Crippen molar-refractivity contribution in [2.24, 2.45) is 0 Å². The molecule has 0 saturated heterocycles. The number of carbonyl (C=O) groups is 2. The maximum Gasteiger partial charge on any atom is 0.302 e. The van der Waals surface area contributed by atoms with Crippen molar-refractivity contribution in [3.8, 4) is 0 Å². The van der Waals surface area contributed by atoms with Crippen molar-refractivity contribution in [2.75, 3.05) is 26.4 Å². The molecule has 1 unspecified atom stereocenters. The maximum absolute atomic E-state index is 10.8. The number of rotatable bonds is 6. The van der Waals surface area contributed by atoms with E-state index in [0.29, 0.717) is 18.3 Å². The van der Waals surface area contributed by atoms with E-state index in [2.05, 4.69) is 10.6 Å². The van der Waals surface area contributed by atoms with Crippen molar-refractivity contribution in [3.63, 3.8) is 0 Å². The van der Waals surface area contributed by atoms with E-state index >= 15 is 0 Å². The summed E-state index contributed by atoms with van der Waals surface area (Å²) in [6, 6.07) is -0.188. The topological polar surface area (TPSA) is 85.9 Å². The second-order valence-corrected chi connectivity index (χ2v) is 4.78. The average Bonchev–Trinajstić information content (AvgIpc) is 2.42. The van der Waals surface area contributed by atoms with Crippen molar-refractivity contribution >= 4 is 29.3 Å². The molecule has 0 aliphatic carbocycles. The van der Waals surface area contributed by atoms with Crippen LogP contribution in [0.1, 0.15) is 13.8 Å². The van der Waals surface area contributed by atoms with Gasteiger partial charge in [-0.15, -0.1) is 0 Å². The molecule has 1 aliphatic rings. The second kappa shape index (κ2) is 9.30. The predicted octanol–water partition coefficient (Wildman–Crippen LogP) is -0.0997. The Morgan fingerprint density at radius 2 is 2.05 bits per heavy atom. The zero-order chi connectivity index (χ0) is 15.7. The minimum Gasteiger partial charge on any atom is -0.464 e. The first-order valence-electron chi connectivity index (χ1n) is 6.58. The summed E-state index contributed by atoms with van der Waals surface area (Å²) < 4.78 is 15.3. The van der Waals surface area contributed by atoms with Crippen LogP contribution in [0.2, 0.25) is 0 Å². The highest BCUT2D eigenvalue weighted by Gasteiger charge is 2.24. The van der Waals surface area contributed by atoms with Gasteiger partial charge in [0, 0.05) is 13.8 Å². The second-order valence-electron chi connectivity index (χ2n) is 4.37. The lowest BCUT2D eigenvalue weighted by molar-refractivity contribution is -0.145. The van der Waals surface area contributed by atoms with Crippen LogP contribution in [0, 0.1) is 0 Å². The van der Waals surface area contributed by atoms with Gasteiger partial charge in [0.1, 0.15) is 19.3 Å². The van der Waals surface area contributed by atoms with Crippen LogP contribution < -0.4 is 10.6 Å². The monoisotopic (exact) mass is 316 g/mol. The van der Waals surface area contributed by atoms with E-state index in [1.807, 2.05) is 12.2 Å². The summed E-state index contributed by atoms with van der Waals surface area (Å²) in [5.74, 6) is -0.685. The van der Waals surface area contributed by atoms with Gasteiger partial charge in [-0.1, -0.05) is 12.2 Å². The molecule has 7 nitrogen and oxygen atoms in total. The van der Waals surface area contributed by atoms with Crippen LogP contribution in [-0.4, -0.2) is 55.6 Å². The summed E-state index contributed by atoms with van der Waals surface area (Å²) in [6.07, 6.45) is 3.48. The van der Waals surface area contributed by atoms with Crippen LogP contribution in [0.5, 0.6) is 0 Å². The highest BCUT2D eigenvalue weighted by atomic mass is 32.1. The standard InChI is InChI=1S/C13H20N2O5S/c1-9(16)18-7-5-14-13(21)15-11-4-3-6-19-12(11)8-20-10(2)17/h3-4,11-12H,5-8H2,1-2H3,(H2,14,15,21)/t11-,12?/m1/s1. The van der Waals surface area contributed by atoms with Crippen molar-refractivity contribution in [2.45, 2.75) is 26.0 Å². The zero-order valence-corrected chi connectivity index (χ0v) is 12.9. The molecule has 2 atom stereocenters. The number of thiocarbonyl (C=S) groups is 1. The van der Waals surface area contributed by atoms with E-state index in [1.54, 1.807) is 0 Å². The Bertz CT molecular complexity index is 413. The van der Waals surface area contributed by atoms with Crippen molar-refractivity contribution in [1.82, 2.24) is 10.6 Å². The van der Waals surface area contributed by atoms with E-state index in [-0.39, 0.29) is 37.3 Å². The van der Waals surface area contributed by atoms with Gasteiger partial charge in [0.05, 0.1) is 19.2 Å². The molecule has 1 aliphatic heterocycles. The summed E-state index contributed by atoms with van der Waals surface area (Å²) >= 11 is 5.14. The first kappa shape index (κ1) is 17.4. The van der Waals surface area contributed by atoms with E-state index < -0.39 is 0 Å². The quantitative estimate of drug-likeness (QED) is 0.304. The minimum absolute atomic E-state index is 0.160. The lowest BCUT2D eigenvalue weighted by atomic mass is 10.1. The lowest BCUT2D eigenvalue weighted by Crippen LogP contribution is -2.50. The van der Waals surface area contributed by atoms with Gasteiger partial charge in [-0.25, -0.2) is 0 Å². The Morgan fingerprint density at radius 1 is 1.33 bits per heavy atom. The Labute approximate surface area is 129 Å². The average molecular weight is 316 g/mol. The smallest absolute Gasteiger partial charge is 0.302 e. The summed E-state index contributed by atoms with van der Waals surface area (Å²) in [5, 5.41) is 6.39. The number of esters is 2. The van der Waals surface area contributed by atoms with Crippen molar-refractivity contribution in [3.05, 3.63) is 12.2 Å². The van der Waals surface area contributed by atoms with Crippen molar-refractivity contribution < 1.29 is 23.8 Å². The van der Waals surface area contributed by atoms with E-state index in [1.165, 1.54) is 13.8 Å². The number of hydrogen-bond donors (Lipinski definition) is 2. The van der Waals surface area contributed by atoms with Crippen LogP contribution in [0.4, 0.5) is 0 Å². The third-order valence-electron chi connectivity index (χ3n) is 2.59. The molecular weight excluding hydrogens is 296 g/mol. The predicted molar refractivity (Wildman–Crippen MR) is 79.7 cm³/mol. The van der Waals surface area contributed by atoms with E-state index in [9.17, 15) is 9.59 Å². The third-order valence-corrected chi connectivity index (χ3v) is 2.85. The maximum atomic E-state index is 10.8. The third kappa shape index (κ3) is 7.62. The van der Waals surface area contributed by atoms with Gasteiger partial charge >= 0.3 is 11.9 Å². The van der Waals surface area contributed by atoms with Gasteiger partial charge in [0.25, 0.3) is 0 Å². The first-order valence-corrected chi connectivity index (χ1v) is 6.99. The van der Waals surface area contributed by atoms with Crippen LogP contribution in [0.15, 0.2) is 12.2 Å². The highest BCUT2D eigenvalue weighted by Crippen LogP contribution is 2.08. The molecule has 0 aromatic carbocycles. The molecule has 0 radical (unpaired) electrons. The van der Waals surface area contributed by atoms with Gasteiger partial charge in [0.15, 0.2) is 5.11 Å². The molecule has 0 aromatic rings. The lowest BCUT2D eigenvalue weighted by Gasteiger charge is -2.29.